The molecule has 1 heterocycles. The number of guanidine groups is 1. The molecule has 2 aromatic carbocycles. The van der Waals surface area contributed by atoms with Crippen molar-refractivity contribution in [1.82, 2.24) is 10.2 Å². The number of morpholine rings is 1. The number of nitrogens with one attached hydrogen (secondary N) is 1. The number of rotatable bonds is 3. The molecule has 0 bridgehead atoms. The lowest BCUT2D eigenvalue weighted by Crippen LogP contribution is -2.50. The first-order chi connectivity index (χ1) is 13.5. The molecule has 1 saturated heterocycles. The summed E-state index contributed by atoms with van der Waals surface area (Å²) in [7, 11) is 1.67. The van der Waals surface area contributed by atoms with Crippen LogP contribution in [0.15, 0.2) is 47.5 Å². The lowest BCUT2D eigenvalue weighted by molar-refractivity contribution is -0.0605. The van der Waals surface area contributed by atoms with Crippen LogP contribution in [0.25, 0.3) is 0 Å². The predicted octanol–water partition coefficient (Wildman–Crippen LogP) is 3.99. The third kappa shape index (κ3) is 5.87. The zero-order valence-electron chi connectivity index (χ0n) is 16.2. The van der Waals surface area contributed by atoms with Gasteiger partial charge in [0.15, 0.2) is 5.96 Å². The summed E-state index contributed by atoms with van der Waals surface area (Å²) in [4.78, 5) is 6.35. The third-order valence-electron chi connectivity index (χ3n) is 4.63. The molecule has 29 heavy (non-hydrogen) atoms. The highest BCUT2D eigenvalue weighted by Crippen LogP contribution is 2.25. The van der Waals surface area contributed by atoms with Crippen LogP contribution in [0.4, 0.5) is 8.78 Å². The number of hydrogen-bond acceptors (Lipinski definition) is 3. The molecule has 0 aliphatic carbocycles. The van der Waals surface area contributed by atoms with Crippen molar-refractivity contribution in [2.45, 2.75) is 25.7 Å². The first-order valence-electron chi connectivity index (χ1n) is 9.05. The summed E-state index contributed by atoms with van der Waals surface area (Å²) in [6, 6.07) is 12.6. The van der Waals surface area contributed by atoms with Gasteiger partial charge in [0, 0.05) is 25.7 Å². The van der Waals surface area contributed by atoms with E-state index < -0.39 is 5.82 Å². The Morgan fingerprint density at radius 1 is 1.24 bits per heavy atom. The highest BCUT2D eigenvalue weighted by molar-refractivity contribution is 14.0. The summed E-state index contributed by atoms with van der Waals surface area (Å²) in [6.45, 7) is 3.39. The molecule has 2 atom stereocenters. The predicted molar refractivity (Wildman–Crippen MR) is 118 cm³/mol. The van der Waals surface area contributed by atoms with Crippen LogP contribution in [0.2, 0.25) is 0 Å². The van der Waals surface area contributed by atoms with Gasteiger partial charge in [-0.25, -0.2) is 8.78 Å². The number of ether oxygens (including phenoxy) is 1. The van der Waals surface area contributed by atoms with Gasteiger partial charge in [0.25, 0.3) is 0 Å². The second-order valence-corrected chi connectivity index (χ2v) is 6.71. The number of nitrogens with zero attached hydrogens (tertiary/aromatic N) is 3. The number of aliphatic imine (C=N–C) groups is 1. The fourth-order valence-electron chi connectivity index (χ4n) is 3.25. The molecular weight excluding hydrogens is 489 g/mol. The van der Waals surface area contributed by atoms with Crippen LogP contribution in [0.5, 0.6) is 0 Å². The van der Waals surface area contributed by atoms with Crippen LogP contribution in [0.3, 0.4) is 0 Å². The molecule has 1 aliphatic rings. The van der Waals surface area contributed by atoms with Crippen molar-refractivity contribution in [3.05, 3.63) is 70.8 Å². The Bertz CT molecular complexity index is 899. The highest BCUT2D eigenvalue weighted by Gasteiger charge is 2.28. The minimum absolute atomic E-state index is 0. The fraction of sp³-hybridized carbons (Fsp3) is 0.333. The third-order valence-corrected chi connectivity index (χ3v) is 4.63. The van der Waals surface area contributed by atoms with Gasteiger partial charge in [-0.15, -0.1) is 24.0 Å². The Kier molecular flexibility index (Phi) is 8.34. The van der Waals surface area contributed by atoms with Crippen LogP contribution >= 0.6 is 24.0 Å². The molecule has 2 unspecified atom stereocenters. The van der Waals surface area contributed by atoms with Gasteiger partial charge in [-0.1, -0.05) is 18.2 Å². The molecule has 1 N–H and O–H groups in total. The summed E-state index contributed by atoms with van der Waals surface area (Å²) in [6.07, 6.45) is -0.261. The molecule has 0 amide bonds. The van der Waals surface area contributed by atoms with E-state index in [0.717, 1.165) is 5.56 Å². The van der Waals surface area contributed by atoms with Gasteiger partial charge >= 0.3 is 0 Å². The molecule has 0 saturated carbocycles. The lowest BCUT2D eigenvalue weighted by atomic mass is 10.1. The van der Waals surface area contributed by atoms with Crippen LogP contribution < -0.4 is 5.32 Å². The number of hydrogen-bond donors (Lipinski definition) is 1. The number of nitriles is 1. The van der Waals surface area contributed by atoms with E-state index in [9.17, 15) is 8.78 Å². The van der Waals surface area contributed by atoms with Crippen molar-refractivity contribution in [1.29, 1.82) is 5.26 Å². The van der Waals surface area contributed by atoms with Crippen LogP contribution in [0.1, 0.15) is 29.7 Å². The normalized spacial score (nSPS) is 19.3. The van der Waals surface area contributed by atoms with Crippen molar-refractivity contribution in [2.24, 2.45) is 4.99 Å². The van der Waals surface area contributed by atoms with E-state index in [2.05, 4.69) is 10.3 Å². The van der Waals surface area contributed by atoms with Crippen molar-refractivity contribution >= 4 is 29.9 Å². The minimum Gasteiger partial charge on any atom is -0.367 e. The Balaban J connectivity index is 0.00000300. The van der Waals surface area contributed by atoms with Gasteiger partial charge in [-0.05, 0) is 36.8 Å². The molecular formula is C21H23F2IN4O. The van der Waals surface area contributed by atoms with E-state index >= 15 is 0 Å². The smallest absolute Gasteiger partial charge is 0.194 e. The van der Waals surface area contributed by atoms with E-state index in [1.54, 1.807) is 31.3 Å². The second kappa shape index (κ2) is 10.5. The van der Waals surface area contributed by atoms with Crippen LogP contribution in [-0.2, 0) is 11.3 Å². The second-order valence-electron chi connectivity index (χ2n) is 6.71. The van der Waals surface area contributed by atoms with Crippen LogP contribution in [-0.4, -0.2) is 37.1 Å². The molecule has 8 heteroatoms. The Morgan fingerprint density at radius 3 is 2.59 bits per heavy atom. The summed E-state index contributed by atoms with van der Waals surface area (Å²) >= 11 is 0. The van der Waals surface area contributed by atoms with Crippen molar-refractivity contribution in [3.63, 3.8) is 0 Å². The molecule has 5 nitrogen and oxygen atoms in total. The van der Waals surface area contributed by atoms with Crippen molar-refractivity contribution in [3.8, 4) is 6.07 Å². The van der Waals surface area contributed by atoms with E-state index in [0.29, 0.717) is 24.6 Å². The summed E-state index contributed by atoms with van der Waals surface area (Å²) in [5, 5.41) is 12.0. The Hall–Kier alpha value is -2.25. The quantitative estimate of drug-likeness (QED) is 0.384. The van der Waals surface area contributed by atoms with Gasteiger partial charge in [-0.3, -0.25) is 4.99 Å². The monoisotopic (exact) mass is 512 g/mol. The average molecular weight is 512 g/mol. The number of benzene rings is 2. The molecule has 1 aliphatic heterocycles. The molecule has 154 valence electrons. The molecule has 0 radical (unpaired) electrons. The minimum atomic E-state index is -0.429. The van der Waals surface area contributed by atoms with Crippen LogP contribution in [0, 0.1) is 23.0 Å². The van der Waals surface area contributed by atoms with E-state index in [1.165, 1.54) is 18.2 Å². The van der Waals surface area contributed by atoms with E-state index in [4.69, 9.17) is 10.00 Å². The molecule has 1 fully saturated rings. The maximum absolute atomic E-state index is 14.1. The fourth-order valence-corrected chi connectivity index (χ4v) is 3.25. The largest absolute Gasteiger partial charge is 0.367 e. The standard InChI is InChI=1S/C21H22F2N4O.HI/c1-14-12-27(13-20(28-14)16-5-7-18(22)8-6-16)21(25-2)26-11-17-4-3-15(10-24)9-19(17)23;/h3-9,14,20H,11-13H2,1-2H3,(H,25,26);1H. The molecule has 3 rings (SSSR count). The topological polar surface area (TPSA) is 60.7 Å². The summed E-state index contributed by atoms with van der Waals surface area (Å²) in [5.41, 5.74) is 1.64. The maximum Gasteiger partial charge on any atom is 0.194 e. The zero-order valence-corrected chi connectivity index (χ0v) is 18.6. The van der Waals surface area contributed by atoms with E-state index in [-0.39, 0.29) is 54.1 Å². The molecule has 0 spiro atoms. The van der Waals surface area contributed by atoms with Crippen molar-refractivity contribution in [2.75, 3.05) is 20.1 Å². The SMILES string of the molecule is CN=C(NCc1ccc(C#N)cc1F)N1CC(C)OC(c2ccc(F)cc2)C1.I. The van der Waals surface area contributed by atoms with Gasteiger partial charge in [-0.2, -0.15) is 5.26 Å². The van der Waals surface area contributed by atoms with Gasteiger partial charge in [0.2, 0.25) is 0 Å². The van der Waals surface area contributed by atoms with Gasteiger partial charge in [0.05, 0.1) is 24.3 Å². The zero-order chi connectivity index (χ0) is 20.1. The summed E-state index contributed by atoms with van der Waals surface area (Å²) in [5.74, 6) is -0.0843. The lowest BCUT2D eigenvalue weighted by Gasteiger charge is -2.38. The summed E-state index contributed by atoms with van der Waals surface area (Å²) < 4.78 is 33.3. The maximum atomic E-state index is 14.1. The first-order valence-corrected chi connectivity index (χ1v) is 9.05. The Morgan fingerprint density at radius 2 is 1.97 bits per heavy atom. The first kappa shape index (κ1) is 23.0. The van der Waals surface area contributed by atoms with Gasteiger partial charge < -0.3 is 15.0 Å². The number of halogens is 3. The molecule has 0 aromatic heterocycles. The van der Waals surface area contributed by atoms with E-state index in [1.807, 2.05) is 17.9 Å². The highest BCUT2D eigenvalue weighted by atomic mass is 127. The molecule has 2 aromatic rings. The van der Waals surface area contributed by atoms with Gasteiger partial charge in [0.1, 0.15) is 17.7 Å². The Labute approximate surface area is 186 Å². The van der Waals surface area contributed by atoms with Crippen molar-refractivity contribution < 1.29 is 13.5 Å². The average Bonchev–Trinajstić information content (AvgIpc) is 2.69.